The summed E-state index contributed by atoms with van der Waals surface area (Å²) >= 11 is 5.21. The zero-order valence-corrected chi connectivity index (χ0v) is 18.1. The number of benzene rings is 2. The molecular weight excluding hydrogens is 446 g/mol. The number of hydrogen-bond donors (Lipinski definition) is 2. The van der Waals surface area contributed by atoms with E-state index in [1.165, 1.54) is 12.1 Å². The Hall–Kier alpha value is -4.38. The van der Waals surface area contributed by atoms with Crippen LogP contribution < -0.4 is 15.4 Å². The first kappa shape index (κ1) is 21.8. The van der Waals surface area contributed by atoms with Gasteiger partial charge < -0.3 is 14.5 Å². The molecule has 0 aliphatic heterocycles. The maximum Gasteiger partial charge on any atom is 0.311 e. The van der Waals surface area contributed by atoms with E-state index >= 15 is 0 Å². The van der Waals surface area contributed by atoms with Crippen molar-refractivity contribution in [1.29, 1.82) is 0 Å². The minimum atomic E-state index is -0.606. The van der Waals surface area contributed by atoms with Crippen LogP contribution >= 0.6 is 12.2 Å². The first-order valence-electron chi connectivity index (χ1n) is 9.79. The molecule has 0 unspecified atom stereocenters. The summed E-state index contributed by atoms with van der Waals surface area (Å²) in [6, 6.07) is 12.8. The second-order valence-electron chi connectivity index (χ2n) is 6.72. The third-order valence-electron chi connectivity index (χ3n) is 4.50. The minimum Gasteiger partial charge on any atom is -0.487 e. The van der Waals surface area contributed by atoms with Crippen LogP contribution in [0.15, 0.2) is 65.3 Å². The molecule has 0 radical (unpaired) electrons. The highest BCUT2D eigenvalue weighted by Gasteiger charge is 2.19. The monoisotopic (exact) mass is 463 g/mol. The smallest absolute Gasteiger partial charge is 0.311 e. The molecule has 4 rings (SSSR count). The van der Waals surface area contributed by atoms with Gasteiger partial charge in [-0.15, -0.1) is 0 Å². The first-order chi connectivity index (χ1) is 15.9. The van der Waals surface area contributed by atoms with Crippen LogP contribution in [0, 0.1) is 10.1 Å². The number of ether oxygens (including phenoxy) is 1. The van der Waals surface area contributed by atoms with Gasteiger partial charge >= 0.3 is 5.69 Å². The zero-order chi connectivity index (χ0) is 23.4. The number of nitrogens with one attached hydrogen (secondary N) is 2. The van der Waals surface area contributed by atoms with Gasteiger partial charge in [0.15, 0.2) is 16.4 Å². The SMILES string of the molecule is CCOc1ccc(C(=O)NC(=S)Nc2ccc3oc(-c4cccnc4)nc3c2)cc1[N+](=O)[O-]. The minimum absolute atomic E-state index is 0.0202. The molecule has 2 heterocycles. The van der Waals surface area contributed by atoms with Gasteiger partial charge in [-0.3, -0.25) is 25.2 Å². The maximum atomic E-state index is 12.5. The normalized spacial score (nSPS) is 10.6. The molecule has 1 amide bonds. The quantitative estimate of drug-likeness (QED) is 0.244. The highest BCUT2D eigenvalue weighted by atomic mass is 32.1. The second kappa shape index (κ2) is 9.40. The molecule has 166 valence electrons. The molecule has 33 heavy (non-hydrogen) atoms. The lowest BCUT2D eigenvalue weighted by molar-refractivity contribution is -0.385. The van der Waals surface area contributed by atoms with Crippen molar-refractivity contribution < 1.29 is 18.9 Å². The molecule has 0 fully saturated rings. The molecule has 0 saturated heterocycles. The predicted molar refractivity (Wildman–Crippen MR) is 125 cm³/mol. The summed E-state index contributed by atoms with van der Waals surface area (Å²) in [5, 5.41) is 16.7. The highest BCUT2D eigenvalue weighted by molar-refractivity contribution is 7.80. The topological polar surface area (TPSA) is 132 Å². The van der Waals surface area contributed by atoms with E-state index in [0.717, 1.165) is 11.6 Å². The molecule has 2 N–H and O–H groups in total. The fourth-order valence-corrected chi connectivity index (χ4v) is 3.24. The van der Waals surface area contributed by atoms with Gasteiger partial charge in [-0.05, 0) is 61.6 Å². The van der Waals surface area contributed by atoms with Gasteiger partial charge in [-0.2, -0.15) is 0 Å². The van der Waals surface area contributed by atoms with E-state index in [0.29, 0.717) is 22.7 Å². The predicted octanol–water partition coefficient (Wildman–Crippen LogP) is 4.32. The van der Waals surface area contributed by atoms with E-state index in [9.17, 15) is 14.9 Å². The summed E-state index contributed by atoms with van der Waals surface area (Å²) < 4.78 is 11.0. The Labute approximate surface area is 192 Å². The Morgan fingerprint density at radius 2 is 2.09 bits per heavy atom. The van der Waals surface area contributed by atoms with Crippen LogP contribution in [0.4, 0.5) is 11.4 Å². The van der Waals surface area contributed by atoms with E-state index in [-0.39, 0.29) is 28.7 Å². The van der Waals surface area contributed by atoms with Crippen LogP contribution in [0.25, 0.3) is 22.6 Å². The zero-order valence-electron chi connectivity index (χ0n) is 17.3. The van der Waals surface area contributed by atoms with E-state index in [4.69, 9.17) is 21.4 Å². The molecule has 0 saturated carbocycles. The van der Waals surface area contributed by atoms with Crippen LogP contribution in [0.5, 0.6) is 5.75 Å². The summed E-state index contributed by atoms with van der Waals surface area (Å²) in [5.41, 5.74) is 2.27. The molecule has 2 aromatic carbocycles. The number of nitro groups is 1. The average Bonchev–Trinajstić information content (AvgIpc) is 3.23. The number of amides is 1. The second-order valence-corrected chi connectivity index (χ2v) is 7.13. The number of carbonyl (C=O) groups excluding carboxylic acids is 1. The lowest BCUT2D eigenvalue weighted by atomic mass is 10.1. The number of pyridine rings is 1. The molecule has 4 aromatic rings. The van der Waals surface area contributed by atoms with Crippen LogP contribution in [0.1, 0.15) is 17.3 Å². The van der Waals surface area contributed by atoms with E-state index < -0.39 is 10.8 Å². The van der Waals surface area contributed by atoms with Crippen LogP contribution in [0.3, 0.4) is 0 Å². The fourth-order valence-electron chi connectivity index (χ4n) is 3.03. The number of carbonyl (C=O) groups is 1. The Kier molecular flexibility index (Phi) is 6.22. The molecule has 0 aliphatic rings. The van der Waals surface area contributed by atoms with Crippen LogP contribution in [-0.2, 0) is 0 Å². The lowest BCUT2D eigenvalue weighted by Crippen LogP contribution is -2.34. The standard InChI is InChI=1S/C22H17N5O5S/c1-2-31-19-7-5-13(10-17(19)27(29)30)20(28)26-22(33)24-15-6-8-18-16(11-15)25-21(32-18)14-4-3-9-23-12-14/h3-12H,2H2,1H3,(H2,24,26,28,33). The molecular formula is C22H17N5O5S. The number of aromatic nitrogens is 2. The maximum absolute atomic E-state index is 12.5. The van der Waals surface area contributed by atoms with Crippen LogP contribution in [0.2, 0.25) is 0 Å². The average molecular weight is 463 g/mol. The Morgan fingerprint density at radius 1 is 1.24 bits per heavy atom. The highest BCUT2D eigenvalue weighted by Crippen LogP contribution is 2.28. The number of rotatable bonds is 6. The number of thiocarbonyl (C=S) groups is 1. The molecule has 10 nitrogen and oxygen atoms in total. The number of hydrogen-bond acceptors (Lipinski definition) is 8. The van der Waals surface area contributed by atoms with Crippen molar-refractivity contribution in [3.05, 3.63) is 76.6 Å². The number of fused-ring (bicyclic) bond motifs is 1. The van der Waals surface area contributed by atoms with Gasteiger partial charge in [-0.1, -0.05) is 0 Å². The number of nitrogens with zero attached hydrogens (tertiary/aromatic N) is 3. The van der Waals surface area contributed by atoms with E-state index in [1.807, 2.05) is 6.07 Å². The van der Waals surface area contributed by atoms with Gasteiger partial charge in [0.1, 0.15) is 5.52 Å². The number of nitro benzene ring substituents is 1. The summed E-state index contributed by atoms with van der Waals surface area (Å²) in [4.78, 5) is 31.7. The number of oxazole rings is 1. The van der Waals surface area contributed by atoms with Crippen molar-refractivity contribution in [2.75, 3.05) is 11.9 Å². The van der Waals surface area contributed by atoms with Crippen LogP contribution in [-0.4, -0.2) is 32.5 Å². The molecule has 11 heteroatoms. The third kappa shape index (κ3) is 4.93. The van der Waals surface area contributed by atoms with Crippen molar-refractivity contribution in [2.24, 2.45) is 0 Å². The summed E-state index contributed by atoms with van der Waals surface area (Å²) in [7, 11) is 0. The molecule has 0 spiro atoms. The van der Waals surface area contributed by atoms with Crippen molar-refractivity contribution in [2.45, 2.75) is 6.92 Å². The van der Waals surface area contributed by atoms with Gasteiger partial charge in [-0.25, -0.2) is 4.98 Å². The fraction of sp³-hybridized carbons (Fsp3) is 0.0909. The van der Waals surface area contributed by atoms with Gasteiger partial charge in [0, 0.05) is 29.7 Å². The van der Waals surface area contributed by atoms with E-state index in [1.54, 1.807) is 43.6 Å². The Balaban J connectivity index is 1.46. The van der Waals surface area contributed by atoms with Crippen molar-refractivity contribution in [3.63, 3.8) is 0 Å². The van der Waals surface area contributed by atoms with Gasteiger partial charge in [0.2, 0.25) is 5.89 Å². The Bertz CT molecular complexity index is 1360. The van der Waals surface area contributed by atoms with Crippen molar-refractivity contribution in [1.82, 2.24) is 15.3 Å². The molecule has 2 aromatic heterocycles. The largest absolute Gasteiger partial charge is 0.487 e. The third-order valence-corrected chi connectivity index (χ3v) is 4.70. The van der Waals surface area contributed by atoms with Gasteiger partial charge in [0.05, 0.1) is 17.1 Å². The van der Waals surface area contributed by atoms with Crippen molar-refractivity contribution >= 4 is 45.7 Å². The Morgan fingerprint density at radius 3 is 2.82 bits per heavy atom. The summed E-state index contributed by atoms with van der Waals surface area (Å²) in [5.74, 6) is -0.0745. The molecule has 0 aliphatic carbocycles. The summed E-state index contributed by atoms with van der Waals surface area (Å²) in [6.45, 7) is 1.98. The number of anilines is 1. The molecule has 0 atom stereocenters. The molecule has 0 bridgehead atoms. The summed E-state index contributed by atoms with van der Waals surface area (Å²) in [6.07, 6.45) is 3.31. The van der Waals surface area contributed by atoms with E-state index in [2.05, 4.69) is 20.6 Å². The lowest BCUT2D eigenvalue weighted by Gasteiger charge is -2.10. The van der Waals surface area contributed by atoms with Gasteiger partial charge in [0.25, 0.3) is 5.91 Å². The first-order valence-corrected chi connectivity index (χ1v) is 10.2. The van der Waals surface area contributed by atoms with Crippen molar-refractivity contribution in [3.8, 4) is 17.2 Å².